The molecule has 3 aromatic heterocycles. The van der Waals surface area contributed by atoms with Crippen molar-refractivity contribution < 1.29 is 4.79 Å². The molecule has 1 unspecified atom stereocenters. The van der Waals surface area contributed by atoms with Gasteiger partial charge < -0.3 is 9.47 Å². The number of imidazole rings is 1. The van der Waals surface area contributed by atoms with Gasteiger partial charge >= 0.3 is 5.69 Å². The Bertz CT molecular complexity index is 1090. The Labute approximate surface area is 152 Å². The van der Waals surface area contributed by atoms with Crippen LogP contribution in [0.15, 0.2) is 33.4 Å². The predicted octanol–water partition coefficient (Wildman–Crippen LogP) is 0.859. The van der Waals surface area contributed by atoms with Gasteiger partial charge in [0, 0.05) is 25.5 Å². The molecule has 1 aliphatic rings. The van der Waals surface area contributed by atoms with Crippen LogP contribution in [0.5, 0.6) is 0 Å². The van der Waals surface area contributed by atoms with E-state index in [1.807, 2.05) is 16.3 Å². The van der Waals surface area contributed by atoms with Crippen molar-refractivity contribution in [2.45, 2.75) is 25.4 Å². The first-order valence-electron chi connectivity index (χ1n) is 8.42. The molecule has 0 saturated carbocycles. The maximum Gasteiger partial charge on any atom is 0.332 e. The number of fused-ring (bicyclic) bond motifs is 1. The van der Waals surface area contributed by atoms with E-state index in [9.17, 15) is 14.4 Å². The number of amides is 1. The van der Waals surface area contributed by atoms with Crippen LogP contribution in [0, 0.1) is 0 Å². The summed E-state index contributed by atoms with van der Waals surface area (Å²) >= 11 is 1.66. The van der Waals surface area contributed by atoms with E-state index in [0.29, 0.717) is 12.2 Å². The molecule has 1 amide bonds. The number of hydrogen-bond donors (Lipinski definition) is 0. The molecule has 0 spiro atoms. The molecule has 26 heavy (non-hydrogen) atoms. The maximum atomic E-state index is 12.9. The minimum atomic E-state index is -0.440. The number of aromatic nitrogens is 4. The first-order valence-corrected chi connectivity index (χ1v) is 9.30. The molecule has 4 heterocycles. The number of hydrogen-bond acceptors (Lipinski definition) is 5. The van der Waals surface area contributed by atoms with Crippen molar-refractivity contribution in [3.63, 3.8) is 0 Å². The molecular weight excluding hydrogens is 354 g/mol. The lowest BCUT2D eigenvalue weighted by Crippen LogP contribution is -2.38. The summed E-state index contributed by atoms with van der Waals surface area (Å²) in [6.45, 7) is 0.746. The third-order valence-corrected chi connectivity index (χ3v) is 5.94. The normalized spacial score (nSPS) is 17.3. The van der Waals surface area contributed by atoms with E-state index in [0.717, 1.165) is 17.4 Å². The summed E-state index contributed by atoms with van der Waals surface area (Å²) in [6.07, 6.45) is 3.38. The summed E-state index contributed by atoms with van der Waals surface area (Å²) in [4.78, 5) is 44.7. The van der Waals surface area contributed by atoms with Gasteiger partial charge in [-0.05, 0) is 24.3 Å². The highest BCUT2D eigenvalue weighted by atomic mass is 32.1. The topological polar surface area (TPSA) is 82.1 Å². The second-order valence-corrected chi connectivity index (χ2v) is 7.49. The van der Waals surface area contributed by atoms with Gasteiger partial charge in [-0.15, -0.1) is 11.3 Å². The van der Waals surface area contributed by atoms with Crippen molar-refractivity contribution in [3.8, 4) is 0 Å². The zero-order chi connectivity index (χ0) is 18.4. The predicted molar refractivity (Wildman–Crippen MR) is 98.2 cm³/mol. The van der Waals surface area contributed by atoms with Gasteiger partial charge in [0.2, 0.25) is 5.91 Å². The van der Waals surface area contributed by atoms with Crippen LogP contribution in [0.1, 0.15) is 23.8 Å². The van der Waals surface area contributed by atoms with Crippen molar-refractivity contribution in [1.29, 1.82) is 0 Å². The Morgan fingerprint density at radius 3 is 2.85 bits per heavy atom. The Hall–Kier alpha value is -2.68. The quantitative estimate of drug-likeness (QED) is 0.682. The largest absolute Gasteiger partial charge is 0.333 e. The lowest BCUT2D eigenvalue weighted by atomic mass is 10.2. The number of rotatable bonds is 3. The smallest absolute Gasteiger partial charge is 0.332 e. The van der Waals surface area contributed by atoms with Crippen LogP contribution >= 0.6 is 11.3 Å². The van der Waals surface area contributed by atoms with E-state index in [2.05, 4.69) is 11.1 Å². The van der Waals surface area contributed by atoms with E-state index in [1.54, 1.807) is 23.0 Å². The highest BCUT2D eigenvalue weighted by molar-refractivity contribution is 7.10. The van der Waals surface area contributed by atoms with Gasteiger partial charge in [-0.1, -0.05) is 6.07 Å². The fraction of sp³-hybridized carbons (Fsp3) is 0.412. The van der Waals surface area contributed by atoms with Crippen molar-refractivity contribution in [3.05, 3.63) is 49.6 Å². The van der Waals surface area contributed by atoms with Gasteiger partial charge in [-0.3, -0.25) is 18.7 Å². The lowest BCUT2D eigenvalue weighted by Gasteiger charge is -2.24. The third-order valence-electron chi connectivity index (χ3n) is 4.97. The zero-order valence-corrected chi connectivity index (χ0v) is 15.4. The molecule has 0 aliphatic carbocycles. The highest BCUT2D eigenvalue weighted by Gasteiger charge is 2.31. The number of carbonyl (C=O) groups excluding carboxylic acids is 1. The summed E-state index contributed by atoms with van der Waals surface area (Å²) < 4.78 is 3.90. The fourth-order valence-corrected chi connectivity index (χ4v) is 4.47. The van der Waals surface area contributed by atoms with Gasteiger partial charge in [0.05, 0.1) is 12.4 Å². The molecule has 0 bridgehead atoms. The molecule has 1 aliphatic heterocycles. The van der Waals surface area contributed by atoms with Gasteiger partial charge in [-0.25, -0.2) is 9.78 Å². The number of thiophene rings is 1. The van der Waals surface area contributed by atoms with E-state index in [1.165, 1.54) is 22.8 Å². The van der Waals surface area contributed by atoms with Crippen molar-refractivity contribution in [2.75, 3.05) is 6.54 Å². The van der Waals surface area contributed by atoms with Crippen LogP contribution in [-0.4, -0.2) is 36.0 Å². The first kappa shape index (κ1) is 16.8. The lowest BCUT2D eigenvalue weighted by molar-refractivity contribution is -0.132. The Balaban J connectivity index is 1.69. The Morgan fingerprint density at radius 2 is 2.12 bits per heavy atom. The Morgan fingerprint density at radius 1 is 1.31 bits per heavy atom. The molecule has 136 valence electrons. The second kappa shape index (κ2) is 6.24. The minimum Gasteiger partial charge on any atom is -0.333 e. The van der Waals surface area contributed by atoms with Crippen molar-refractivity contribution in [2.24, 2.45) is 14.1 Å². The number of likely N-dealkylation sites (tertiary alicyclic amines) is 1. The number of aryl methyl sites for hydroxylation is 1. The monoisotopic (exact) mass is 373 g/mol. The first-order chi connectivity index (χ1) is 12.5. The van der Waals surface area contributed by atoms with E-state index in [4.69, 9.17) is 0 Å². The molecule has 0 N–H and O–H groups in total. The van der Waals surface area contributed by atoms with Crippen molar-refractivity contribution in [1.82, 2.24) is 23.6 Å². The molecular formula is C17H19N5O3S. The second-order valence-electron chi connectivity index (χ2n) is 6.51. The van der Waals surface area contributed by atoms with Crippen LogP contribution in [0.4, 0.5) is 0 Å². The molecule has 1 atom stereocenters. The van der Waals surface area contributed by atoms with Crippen LogP contribution in [0.3, 0.4) is 0 Å². The van der Waals surface area contributed by atoms with Crippen molar-refractivity contribution >= 4 is 28.4 Å². The van der Waals surface area contributed by atoms with Crippen LogP contribution < -0.4 is 11.2 Å². The van der Waals surface area contributed by atoms with Gasteiger partial charge in [-0.2, -0.15) is 0 Å². The molecule has 1 fully saturated rings. The summed E-state index contributed by atoms with van der Waals surface area (Å²) in [5, 5.41) is 2.02. The van der Waals surface area contributed by atoms with Crippen LogP contribution in [-0.2, 0) is 25.4 Å². The summed E-state index contributed by atoms with van der Waals surface area (Å²) in [5.41, 5.74) is -0.307. The van der Waals surface area contributed by atoms with Crippen LogP contribution in [0.2, 0.25) is 0 Å². The average Bonchev–Trinajstić information content (AvgIpc) is 3.36. The van der Waals surface area contributed by atoms with E-state index >= 15 is 0 Å². The molecule has 4 rings (SSSR count). The van der Waals surface area contributed by atoms with Gasteiger partial charge in [0.1, 0.15) is 6.54 Å². The third kappa shape index (κ3) is 2.50. The maximum absolute atomic E-state index is 12.9. The highest BCUT2D eigenvalue weighted by Crippen LogP contribution is 2.34. The summed E-state index contributed by atoms with van der Waals surface area (Å²) in [7, 11) is 2.99. The molecule has 8 nitrogen and oxygen atoms in total. The molecule has 0 aromatic carbocycles. The standard InChI is InChI=1S/C17H19N5O3S/c1-19-15-14(16(24)20(2)17(19)25)21(10-18-15)9-13(23)22-7-3-5-11(22)12-6-4-8-26-12/h4,6,8,10-11H,3,5,7,9H2,1-2H3. The molecule has 0 radical (unpaired) electrons. The average molecular weight is 373 g/mol. The number of carbonyl (C=O) groups is 1. The molecule has 1 saturated heterocycles. The summed E-state index contributed by atoms with van der Waals surface area (Å²) in [6, 6.07) is 4.15. The van der Waals surface area contributed by atoms with Crippen LogP contribution in [0.25, 0.3) is 11.2 Å². The fourth-order valence-electron chi connectivity index (χ4n) is 3.60. The minimum absolute atomic E-state index is 0.0336. The van der Waals surface area contributed by atoms with E-state index < -0.39 is 11.2 Å². The SMILES string of the molecule is Cn1c(=O)c2c(ncn2CC(=O)N2CCCC2c2cccs2)n(C)c1=O. The summed E-state index contributed by atoms with van der Waals surface area (Å²) in [5.74, 6) is -0.0453. The Kier molecular flexibility index (Phi) is 4.03. The molecule has 3 aromatic rings. The van der Waals surface area contributed by atoms with Gasteiger partial charge in [0.25, 0.3) is 5.56 Å². The zero-order valence-electron chi connectivity index (χ0n) is 14.6. The molecule has 9 heteroatoms. The number of nitrogens with zero attached hydrogens (tertiary/aromatic N) is 5. The van der Waals surface area contributed by atoms with E-state index in [-0.39, 0.29) is 24.0 Å². The van der Waals surface area contributed by atoms with Gasteiger partial charge in [0.15, 0.2) is 11.2 Å².